The highest BCUT2D eigenvalue weighted by atomic mass is 32.2. The second kappa shape index (κ2) is 15.4. The molecule has 0 aliphatic heterocycles. The van der Waals surface area contributed by atoms with Crippen LogP contribution in [0.1, 0.15) is 39.2 Å². The molecule has 5 rings (SSSR count). The summed E-state index contributed by atoms with van der Waals surface area (Å²) in [6, 6.07) is 20.2. The Morgan fingerprint density at radius 2 is 1.62 bits per heavy atom. The molecule has 2 heterocycles. The Morgan fingerprint density at radius 1 is 0.962 bits per heavy atom. The number of fused-ring (bicyclic) bond motifs is 1. The highest BCUT2D eigenvalue weighted by Gasteiger charge is 2.35. The van der Waals surface area contributed by atoms with E-state index in [0.29, 0.717) is 16.9 Å². The van der Waals surface area contributed by atoms with Crippen LogP contribution in [0.2, 0.25) is 0 Å². The summed E-state index contributed by atoms with van der Waals surface area (Å²) in [6.07, 6.45) is 1.65. The largest absolute Gasteiger partial charge is 0.495 e. The summed E-state index contributed by atoms with van der Waals surface area (Å²) in [6.45, 7) is 5.95. The van der Waals surface area contributed by atoms with Crippen molar-refractivity contribution in [2.75, 3.05) is 30.4 Å². The van der Waals surface area contributed by atoms with Crippen molar-refractivity contribution < 1.29 is 41.4 Å². The first-order chi connectivity index (χ1) is 25.0. The van der Waals surface area contributed by atoms with Gasteiger partial charge < -0.3 is 25.3 Å². The third kappa shape index (κ3) is 8.61. The first kappa shape index (κ1) is 38.4. The average Bonchev–Trinajstić information content (AvgIpc) is 3.54. The predicted molar refractivity (Wildman–Crippen MR) is 195 cm³/mol. The number of hydrogen-bond donors (Lipinski definition) is 2. The van der Waals surface area contributed by atoms with Crippen molar-refractivity contribution >= 4 is 50.8 Å². The average molecular weight is 747 g/mol. The smallest absolute Gasteiger partial charge is 0.424 e. The Kier molecular flexibility index (Phi) is 11.1. The number of amides is 2. The fourth-order valence-corrected chi connectivity index (χ4v) is 5.62. The van der Waals surface area contributed by atoms with E-state index in [9.17, 15) is 27.2 Å². The number of halogens is 1. The standard InChI is InChI=1S/C37H39FN6O8S/c1-22(2)37(4,39)34(46)51-21-52-36(47)44(30-17-16-29(53(6,48)49)19-31(30)50-5)35-41-32-18-11-26(20-43(32)42-35)25-9-14-28(15-10-25)40-33(45)23(3)24-7-12-27(38)13-8-24/h7-20,22-23H,21,39H2,1-6H3,(H,40,45). The number of pyridine rings is 1. The zero-order valence-electron chi connectivity index (χ0n) is 29.9. The predicted octanol–water partition coefficient (Wildman–Crippen LogP) is 5.84. The molecule has 0 radical (unpaired) electrons. The van der Waals surface area contributed by atoms with Crippen LogP contribution < -0.4 is 20.7 Å². The van der Waals surface area contributed by atoms with E-state index in [4.69, 9.17) is 19.9 Å². The number of esters is 1. The van der Waals surface area contributed by atoms with Crippen LogP contribution in [0.15, 0.2) is 90.0 Å². The van der Waals surface area contributed by atoms with Gasteiger partial charge in [-0.2, -0.15) is 4.98 Å². The zero-order valence-corrected chi connectivity index (χ0v) is 30.7. The van der Waals surface area contributed by atoms with E-state index in [1.165, 1.54) is 48.9 Å². The second-order valence-electron chi connectivity index (χ2n) is 12.8. The zero-order chi connectivity index (χ0) is 38.7. The number of methoxy groups -OCH3 is 1. The van der Waals surface area contributed by atoms with E-state index >= 15 is 0 Å². The monoisotopic (exact) mass is 746 g/mol. The number of nitrogens with one attached hydrogen (secondary N) is 1. The van der Waals surface area contributed by atoms with Gasteiger partial charge in [-0.3, -0.25) is 4.79 Å². The van der Waals surface area contributed by atoms with E-state index in [2.05, 4.69) is 15.4 Å². The van der Waals surface area contributed by atoms with Crippen molar-refractivity contribution in [1.29, 1.82) is 0 Å². The molecule has 53 heavy (non-hydrogen) atoms. The van der Waals surface area contributed by atoms with Gasteiger partial charge in [0.15, 0.2) is 15.5 Å². The molecule has 2 atom stereocenters. The fraction of sp³-hybridized carbons (Fsp3) is 0.270. The lowest BCUT2D eigenvalue weighted by molar-refractivity contribution is -0.159. The molecule has 0 spiro atoms. The molecular formula is C37H39FN6O8S. The van der Waals surface area contributed by atoms with Crippen LogP contribution in [0, 0.1) is 11.7 Å². The number of carbonyl (C=O) groups is 3. The molecule has 3 N–H and O–H groups in total. The third-order valence-corrected chi connectivity index (χ3v) is 9.89. The molecular weight excluding hydrogens is 708 g/mol. The molecule has 3 aromatic carbocycles. The van der Waals surface area contributed by atoms with Gasteiger partial charge in [0.2, 0.25) is 12.7 Å². The first-order valence-corrected chi connectivity index (χ1v) is 18.2. The number of aromatic nitrogens is 3. The molecule has 14 nitrogen and oxygen atoms in total. The van der Waals surface area contributed by atoms with E-state index in [1.54, 1.807) is 63.4 Å². The lowest BCUT2D eigenvalue weighted by Crippen LogP contribution is -2.50. The van der Waals surface area contributed by atoms with Gasteiger partial charge in [-0.25, -0.2) is 31.8 Å². The maximum atomic E-state index is 13.6. The molecule has 0 saturated carbocycles. The van der Waals surface area contributed by atoms with Crippen molar-refractivity contribution in [3.05, 3.63) is 96.4 Å². The highest BCUT2D eigenvalue weighted by molar-refractivity contribution is 7.90. The molecule has 2 aromatic heterocycles. The summed E-state index contributed by atoms with van der Waals surface area (Å²) in [5, 5.41) is 7.38. The van der Waals surface area contributed by atoms with Crippen LogP contribution in [0.3, 0.4) is 0 Å². The van der Waals surface area contributed by atoms with Gasteiger partial charge in [0.25, 0.3) is 5.95 Å². The van der Waals surface area contributed by atoms with Crippen molar-refractivity contribution in [1.82, 2.24) is 14.6 Å². The number of hydrogen-bond acceptors (Lipinski definition) is 11. The molecule has 0 aliphatic rings. The number of rotatable bonds is 12. The van der Waals surface area contributed by atoms with E-state index < -0.39 is 40.1 Å². The molecule has 2 amide bonds. The fourth-order valence-electron chi connectivity index (χ4n) is 4.99. The molecule has 0 aliphatic carbocycles. The van der Waals surface area contributed by atoms with Gasteiger partial charge in [-0.15, -0.1) is 5.10 Å². The molecule has 0 fully saturated rings. The van der Waals surface area contributed by atoms with Gasteiger partial charge in [0.1, 0.15) is 17.1 Å². The van der Waals surface area contributed by atoms with Crippen molar-refractivity contribution in [3.63, 3.8) is 0 Å². The number of nitrogens with zero attached hydrogens (tertiary/aromatic N) is 4. The topological polar surface area (TPSA) is 185 Å². The SMILES string of the molecule is COc1cc(S(C)(=O)=O)ccc1N(C(=O)OCOC(=O)C(C)(N)C(C)C)c1nc2ccc(-c3ccc(NC(=O)C(C)c4ccc(F)cc4)cc3)cn2n1. The van der Waals surface area contributed by atoms with E-state index in [1.807, 2.05) is 12.1 Å². The van der Waals surface area contributed by atoms with Crippen molar-refractivity contribution in [2.24, 2.45) is 11.7 Å². The third-order valence-electron chi connectivity index (χ3n) is 8.78. The van der Waals surface area contributed by atoms with Crippen LogP contribution >= 0.6 is 0 Å². The number of nitrogens with two attached hydrogens (primary N) is 1. The lowest BCUT2D eigenvalue weighted by Gasteiger charge is -2.26. The van der Waals surface area contributed by atoms with E-state index in [-0.39, 0.29) is 39.9 Å². The molecule has 5 aromatic rings. The van der Waals surface area contributed by atoms with Gasteiger partial charge in [-0.05, 0) is 79.4 Å². The summed E-state index contributed by atoms with van der Waals surface area (Å²) in [5.41, 5.74) is 7.86. The normalized spacial score (nSPS) is 13.2. The maximum Gasteiger partial charge on any atom is 0.424 e. The minimum absolute atomic E-state index is 0.00463. The van der Waals surface area contributed by atoms with Gasteiger partial charge >= 0.3 is 12.1 Å². The van der Waals surface area contributed by atoms with Crippen molar-refractivity contribution in [3.8, 4) is 16.9 Å². The van der Waals surface area contributed by atoms with Crippen LogP contribution in [-0.2, 0) is 28.9 Å². The summed E-state index contributed by atoms with van der Waals surface area (Å²) in [4.78, 5) is 44.4. The Balaban J connectivity index is 1.41. The molecule has 278 valence electrons. The Hall–Kier alpha value is -5.87. The molecule has 0 saturated heterocycles. The lowest BCUT2D eigenvalue weighted by atomic mass is 9.90. The maximum absolute atomic E-state index is 13.6. The van der Waals surface area contributed by atoms with Crippen LogP contribution in [0.5, 0.6) is 5.75 Å². The molecule has 16 heteroatoms. The Labute approximate surface area is 305 Å². The number of ether oxygens (including phenoxy) is 3. The summed E-state index contributed by atoms with van der Waals surface area (Å²) in [7, 11) is -2.33. The Morgan fingerprint density at radius 3 is 2.25 bits per heavy atom. The minimum Gasteiger partial charge on any atom is -0.495 e. The summed E-state index contributed by atoms with van der Waals surface area (Å²) < 4.78 is 55.2. The van der Waals surface area contributed by atoms with Crippen LogP contribution in [-0.4, -0.2) is 66.7 Å². The molecule has 0 bridgehead atoms. The van der Waals surface area contributed by atoms with Crippen LogP contribution in [0.4, 0.5) is 26.5 Å². The number of sulfone groups is 1. The second-order valence-corrected chi connectivity index (χ2v) is 14.8. The minimum atomic E-state index is -3.64. The number of anilines is 3. The summed E-state index contributed by atoms with van der Waals surface area (Å²) >= 11 is 0. The number of benzene rings is 3. The first-order valence-electron chi connectivity index (χ1n) is 16.3. The molecule has 2 unspecified atom stereocenters. The highest BCUT2D eigenvalue weighted by Crippen LogP contribution is 2.35. The number of carbonyl (C=O) groups excluding carboxylic acids is 3. The van der Waals surface area contributed by atoms with Crippen LogP contribution in [0.25, 0.3) is 16.8 Å². The van der Waals surface area contributed by atoms with Gasteiger partial charge in [0.05, 0.1) is 23.6 Å². The Bertz CT molecular complexity index is 2260. The van der Waals surface area contributed by atoms with Crippen molar-refractivity contribution in [2.45, 2.75) is 44.0 Å². The van der Waals surface area contributed by atoms with Gasteiger partial charge in [0, 0.05) is 29.8 Å². The summed E-state index contributed by atoms with van der Waals surface area (Å²) in [5.74, 6) is -2.36. The van der Waals surface area contributed by atoms with Gasteiger partial charge in [-0.1, -0.05) is 38.1 Å². The van der Waals surface area contributed by atoms with E-state index in [0.717, 1.165) is 22.3 Å². The quantitative estimate of drug-likeness (QED) is 0.116.